The highest BCUT2D eigenvalue weighted by molar-refractivity contribution is 7.18. The van der Waals surface area contributed by atoms with Gasteiger partial charge in [-0.25, -0.2) is 0 Å². The summed E-state index contributed by atoms with van der Waals surface area (Å²) in [6.45, 7) is 0. The number of rotatable bonds is 3. The number of hydrogen-bond donors (Lipinski definition) is 2. The molecule has 6 nitrogen and oxygen atoms in total. The molecule has 0 radical (unpaired) electrons. The van der Waals surface area contributed by atoms with E-state index in [0.717, 1.165) is 25.0 Å². The number of nitrogens with one attached hydrogen (secondary N) is 1. The van der Waals surface area contributed by atoms with Gasteiger partial charge in [-0.2, -0.15) is 0 Å². The van der Waals surface area contributed by atoms with Crippen molar-refractivity contribution in [2.45, 2.75) is 25.3 Å². The van der Waals surface area contributed by atoms with Gasteiger partial charge >= 0.3 is 0 Å². The molecule has 2 aromatic rings. The minimum atomic E-state index is -0.0123. The highest BCUT2D eigenvalue weighted by Crippen LogP contribution is 2.28. The monoisotopic (exact) mass is 289 g/mol. The van der Waals surface area contributed by atoms with Gasteiger partial charge in [-0.05, 0) is 31.4 Å². The Hall–Kier alpha value is -1.86. The summed E-state index contributed by atoms with van der Waals surface area (Å²) in [5, 5.41) is 12.1. The van der Waals surface area contributed by atoms with Crippen molar-refractivity contribution in [1.82, 2.24) is 15.2 Å². The topological polar surface area (TPSA) is 93.8 Å². The largest absolute Gasteiger partial charge is 0.328 e. The van der Waals surface area contributed by atoms with Crippen molar-refractivity contribution >= 4 is 22.4 Å². The first-order valence-corrected chi connectivity index (χ1v) is 7.35. The fourth-order valence-electron chi connectivity index (χ4n) is 2.33. The molecule has 2 heterocycles. The molecule has 2 aromatic heterocycles. The number of nitrogens with zero attached hydrogens (tertiary/aromatic N) is 3. The lowest BCUT2D eigenvalue weighted by Crippen LogP contribution is -2.23. The van der Waals surface area contributed by atoms with E-state index in [9.17, 15) is 4.79 Å². The van der Waals surface area contributed by atoms with Crippen molar-refractivity contribution in [2.24, 2.45) is 11.7 Å². The molecule has 0 spiro atoms. The lowest BCUT2D eigenvalue weighted by Gasteiger charge is -2.07. The summed E-state index contributed by atoms with van der Waals surface area (Å²) in [4.78, 5) is 16.3. The standard InChI is InChI=1S/C13H15N5OS/c14-9-5-4-8(7-9)11(19)16-13-18-17-12(20-13)10-3-1-2-6-15-10/h1-3,6,8-9H,4-5,7,14H2,(H,16,18,19). The number of carbonyl (C=O) groups is 1. The predicted molar refractivity (Wildman–Crippen MR) is 77.1 cm³/mol. The molecule has 20 heavy (non-hydrogen) atoms. The Bertz CT molecular complexity index is 600. The Labute approximate surface area is 120 Å². The van der Waals surface area contributed by atoms with Crippen molar-refractivity contribution in [3.63, 3.8) is 0 Å². The second kappa shape index (κ2) is 5.64. The molecule has 3 rings (SSSR count). The van der Waals surface area contributed by atoms with Gasteiger partial charge in [0, 0.05) is 18.2 Å². The summed E-state index contributed by atoms with van der Waals surface area (Å²) < 4.78 is 0. The molecule has 104 valence electrons. The van der Waals surface area contributed by atoms with E-state index < -0.39 is 0 Å². The van der Waals surface area contributed by atoms with Crippen LogP contribution >= 0.6 is 11.3 Å². The Morgan fingerprint density at radius 3 is 2.95 bits per heavy atom. The summed E-state index contributed by atoms with van der Waals surface area (Å²) in [6, 6.07) is 5.74. The van der Waals surface area contributed by atoms with Crippen LogP contribution in [0.25, 0.3) is 10.7 Å². The Morgan fingerprint density at radius 2 is 2.25 bits per heavy atom. The van der Waals surface area contributed by atoms with Gasteiger partial charge in [0.15, 0.2) is 5.01 Å². The van der Waals surface area contributed by atoms with Crippen LogP contribution < -0.4 is 11.1 Å². The fraction of sp³-hybridized carbons (Fsp3) is 0.385. The van der Waals surface area contributed by atoms with Gasteiger partial charge in [-0.1, -0.05) is 17.4 Å². The molecule has 3 N–H and O–H groups in total. The van der Waals surface area contributed by atoms with Crippen LogP contribution in [0.1, 0.15) is 19.3 Å². The number of hydrogen-bond acceptors (Lipinski definition) is 6. The summed E-state index contributed by atoms with van der Waals surface area (Å²) >= 11 is 1.33. The molecule has 0 aliphatic heterocycles. The lowest BCUT2D eigenvalue weighted by atomic mass is 10.1. The average molecular weight is 289 g/mol. The molecular weight excluding hydrogens is 274 g/mol. The SMILES string of the molecule is NC1CCC(C(=O)Nc2nnc(-c3ccccn3)s2)C1. The molecule has 1 amide bonds. The Kier molecular flexibility index (Phi) is 3.70. The summed E-state index contributed by atoms with van der Waals surface area (Å²) in [7, 11) is 0. The minimum Gasteiger partial charge on any atom is -0.328 e. The molecule has 1 aliphatic rings. The van der Waals surface area contributed by atoms with Crippen LogP contribution in [0.5, 0.6) is 0 Å². The minimum absolute atomic E-state index is 0.00722. The van der Waals surface area contributed by atoms with Gasteiger partial charge in [0.2, 0.25) is 11.0 Å². The quantitative estimate of drug-likeness (QED) is 0.896. The summed E-state index contributed by atoms with van der Waals surface area (Å²) in [5.41, 5.74) is 6.58. The third kappa shape index (κ3) is 2.83. The Balaban J connectivity index is 1.67. The first kappa shape index (κ1) is 13.1. The smallest absolute Gasteiger partial charge is 0.229 e. The zero-order valence-corrected chi connectivity index (χ0v) is 11.6. The van der Waals surface area contributed by atoms with E-state index in [1.54, 1.807) is 6.20 Å². The van der Waals surface area contributed by atoms with Crippen molar-refractivity contribution < 1.29 is 4.79 Å². The van der Waals surface area contributed by atoms with Crippen LogP contribution in [0, 0.1) is 5.92 Å². The number of nitrogens with two attached hydrogens (primary N) is 1. The fourth-order valence-corrected chi connectivity index (χ4v) is 3.05. The van der Waals surface area contributed by atoms with Crippen LogP contribution in [0.15, 0.2) is 24.4 Å². The van der Waals surface area contributed by atoms with Gasteiger partial charge in [0.25, 0.3) is 0 Å². The molecule has 2 unspecified atom stereocenters. The lowest BCUT2D eigenvalue weighted by molar-refractivity contribution is -0.119. The molecule has 0 saturated heterocycles. The van der Waals surface area contributed by atoms with Crippen LogP contribution in [-0.2, 0) is 4.79 Å². The number of carbonyl (C=O) groups excluding carboxylic acids is 1. The van der Waals surface area contributed by atoms with Gasteiger partial charge < -0.3 is 11.1 Å². The van der Waals surface area contributed by atoms with Crippen LogP contribution in [-0.4, -0.2) is 27.1 Å². The van der Waals surface area contributed by atoms with Crippen LogP contribution in [0.2, 0.25) is 0 Å². The third-order valence-corrected chi connectivity index (χ3v) is 4.24. The molecule has 1 fully saturated rings. The number of pyridine rings is 1. The van der Waals surface area contributed by atoms with Crippen molar-refractivity contribution in [3.05, 3.63) is 24.4 Å². The second-order valence-electron chi connectivity index (χ2n) is 4.89. The predicted octanol–water partition coefficient (Wildman–Crippen LogP) is 1.67. The zero-order chi connectivity index (χ0) is 13.9. The number of aromatic nitrogens is 3. The maximum Gasteiger partial charge on any atom is 0.229 e. The van der Waals surface area contributed by atoms with Gasteiger partial charge in [0.1, 0.15) is 5.69 Å². The first-order valence-electron chi connectivity index (χ1n) is 6.54. The molecule has 2 atom stereocenters. The van der Waals surface area contributed by atoms with E-state index >= 15 is 0 Å². The van der Waals surface area contributed by atoms with Crippen LogP contribution in [0.3, 0.4) is 0 Å². The highest BCUT2D eigenvalue weighted by Gasteiger charge is 2.28. The Morgan fingerprint density at radius 1 is 1.35 bits per heavy atom. The molecule has 0 aromatic carbocycles. The van der Waals surface area contributed by atoms with Gasteiger partial charge in [-0.15, -0.1) is 10.2 Å². The average Bonchev–Trinajstić information content (AvgIpc) is 3.09. The summed E-state index contributed by atoms with van der Waals surface area (Å²) in [5.74, 6) is -0.0196. The zero-order valence-electron chi connectivity index (χ0n) is 10.8. The van der Waals surface area contributed by atoms with E-state index in [1.807, 2.05) is 18.2 Å². The van der Waals surface area contributed by atoms with E-state index in [1.165, 1.54) is 11.3 Å². The molecule has 0 bridgehead atoms. The van der Waals surface area contributed by atoms with E-state index in [-0.39, 0.29) is 17.9 Å². The van der Waals surface area contributed by atoms with Crippen molar-refractivity contribution in [2.75, 3.05) is 5.32 Å². The molecular formula is C13H15N5OS. The van der Waals surface area contributed by atoms with Gasteiger partial charge in [0.05, 0.1) is 0 Å². The van der Waals surface area contributed by atoms with E-state index in [0.29, 0.717) is 10.1 Å². The number of anilines is 1. The normalized spacial score (nSPS) is 21.9. The molecule has 1 aliphatic carbocycles. The van der Waals surface area contributed by atoms with Crippen molar-refractivity contribution in [1.29, 1.82) is 0 Å². The highest BCUT2D eigenvalue weighted by atomic mass is 32.1. The van der Waals surface area contributed by atoms with Crippen LogP contribution in [0.4, 0.5) is 5.13 Å². The second-order valence-corrected chi connectivity index (χ2v) is 5.86. The maximum absolute atomic E-state index is 12.1. The maximum atomic E-state index is 12.1. The third-order valence-electron chi connectivity index (χ3n) is 3.38. The van der Waals surface area contributed by atoms with E-state index in [2.05, 4.69) is 20.5 Å². The van der Waals surface area contributed by atoms with Gasteiger partial charge in [-0.3, -0.25) is 9.78 Å². The summed E-state index contributed by atoms with van der Waals surface area (Å²) in [6.07, 6.45) is 4.21. The van der Waals surface area contributed by atoms with Crippen molar-refractivity contribution in [3.8, 4) is 10.7 Å². The van der Waals surface area contributed by atoms with E-state index in [4.69, 9.17) is 5.73 Å². The number of amides is 1. The molecule has 1 saturated carbocycles. The molecule has 7 heteroatoms. The first-order chi connectivity index (χ1) is 9.72.